The van der Waals surface area contributed by atoms with Crippen LogP contribution in [0.25, 0.3) is 5.65 Å². The van der Waals surface area contributed by atoms with Crippen LogP contribution in [0.1, 0.15) is 18.2 Å². The number of pyridine rings is 1. The first-order valence-corrected chi connectivity index (χ1v) is 7.64. The molecular formula is C17H18ClN3. The Hall–Kier alpha value is -2.00. The van der Waals surface area contributed by atoms with Crippen molar-refractivity contribution in [2.24, 2.45) is 0 Å². The Kier molecular flexibility index (Phi) is 3.84. The zero-order valence-electron chi connectivity index (χ0n) is 12.3. The Morgan fingerprint density at radius 3 is 2.76 bits per heavy atom. The van der Waals surface area contributed by atoms with Crippen LogP contribution in [0.4, 0.5) is 11.5 Å². The molecule has 21 heavy (non-hydrogen) atoms. The summed E-state index contributed by atoms with van der Waals surface area (Å²) in [4.78, 5) is 6.97. The van der Waals surface area contributed by atoms with Gasteiger partial charge in [0.25, 0.3) is 0 Å². The predicted octanol–water partition coefficient (Wildman–Crippen LogP) is 4.54. The van der Waals surface area contributed by atoms with Crippen LogP contribution in [0.3, 0.4) is 0 Å². The van der Waals surface area contributed by atoms with Gasteiger partial charge in [0.2, 0.25) is 0 Å². The molecule has 0 spiro atoms. The maximum atomic E-state index is 6.18. The van der Waals surface area contributed by atoms with Gasteiger partial charge in [0.1, 0.15) is 5.65 Å². The van der Waals surface area contributed by atoms with E-state index < -0.39 is 0 Å². The molecule has 0 atom stereocenters. The average Bonchev–Trinajstić information content (AvgIpc) is 2.86. The first kappa shape index (κ1) is 14.0. The highest BCUT2D eigenvalue weighted by Crippen LogP contribution is 2.30. The maximum Gasteiger partial charge on any atom is 0.156 e. The Labute approximate surface area is 129 Å². The molecule has 2 aromatic heterocycles. The van der Waals surface area contributed by atoms with E-state index in [0.717, 1.165) is 29.4 Å². The monoisotopic (exact) mass is 299 g/mol. The molecule has 0 saturated heterocycles. The number of nitrogens with zero attached hydrogens (tertiary/aromatic N) is 3. The first-order valence-electron chi connectivity index (χ1n) is 7.10. The highest BCUT2D eigenvalue weighted by molar-refractivity contribution is 6.17. The number of halogens is 1. The quantitative estimate of drug-likeness (QED) is 0.659. The number of rotatable bonds is 4. The lowest BCUT2D eigenvalue weighted by Gasteiger charge is -2.22. The largest absolute Gasteiger partial charge is 0.325 e. The fourth-order valence-electron chi connectivity index (χ4n) is 2.62. The highest BCUT2D eigenvalue weighted by Gasteiger charge is 2.17. The van der Waals surface area contributed by atoms with E-state index in [0.29, 0.717) is 5.88 Å². The second-order valence-electron chi connectivity index (χ2n) is 5.03. The molecule has 2 heterocycles. The van der Waals surface area contributed by atoms with Crippen molar-refractivity contribution >= 4 is 28.8 Å². The van der Waals surface area contributed by atoms with Crippen molar-refractivity contribution in [3.63, 3.8) is 0 Å². The number of benzene rings is 1. The topological polar surface area (TPSA) is 20.5 Å². The number of aromatic nitrogens is 2. The number of hydrogen-bond donors (Lipinski definition) is 0. The van der Waals surface area contributed by atoms with E-state index in [1.807, 2.05) is 24.4 Å². The summed E-state index contributed by atoms with van der Waals surface area (Å²) in [5.74, 6) is 1.37. The number of alkyl halides is 1. The predicted molar refractivity (Wildman–Crippen MR) is 88.6 cm³/mol. The summed E-state index contributed by atoms with van der Waals surface area (Å²) < 4.78 is 2.06. The minimum Gasteiger partial charge on any atom is -0.325 e. The van der Waals surface area contributed by atoms with Crippen LogP contribution in [-0.4, -0.2) is 15.9 Å². The van der Waals surface area contributed by atoms with Crippen molar-refractivity contribution in [1.82, 2.24) is 9.38 Å². The molecule has 108 valence electrons. The summed E-state index contributed by atoms with van der Waals surface area (Å²) in [6.07, 6.45) is 2.01. The lowest BCUT2D eigenvalue weighted by atomic mass is 10.2. The molecule has 0 aliphatic carbocycles. The van der Waals surface area contributed by atoms with Crippen molar-refractivity contribution in [3.8, 4) is 0 Å². The first-order chi connectivity index (χ1) is 10.2. The summed E-state index contributed by atoms with van der Waals surface area (Å²) in [6, 6.07) is 14.4. The van der Waals surface area contributed by atoms with Crippen molar-refractivity contribution in [2.75, 3.05) is 11.4 Å². The zero-order chi connectivity index (χ0) is 14.8. The van der Waals surface area contributed by atoms with Gasteiger partial charge < -0.3 is 9.30 Å². The van der Waals surface area contributed by atoms with E-state index in [1.165, 1.54) is 5.56 Å². The molecular weight excluding hydrogens is 282 g/mol. The number of hydrogen-bond acceptors (Lipinski definition) is 2. The van der Waals surface area contributed by atoms with E-state index in [9.17, 15) is 0 Å². The van der Waals surface area contributed by atoms with Crippen LogP contribution in [0.5, 0.6) is 0 Å². The summed E-state index contributed by atoms with van der Waals surface area (Å²) >= 11 is 6.18. The van der Waals surface area contributed by atoms with Crippen LogP contribution in [0.15, 0.2) is 48.7 Å². The molecule has 0 fully saturated rings. The molecule has 0 saturated carbocycles. The number of fused-ring (bicyclic) bond motifs is 1. The Morgan fingerprint density at radius 2 is 2.05 bits per heavy atom. The second-order valence-corrected chi connectivity index (χ2v) is 5.30. The minimum atomic E-state index is 0.433. The Morgan fingerprint density at radius 1 is 1.19 bits per heavy atom. The van der Waals surface area contributed by atoms with Crippen LogP contribution in [0, 0.1) is 6.92 Å². The number of imidazole rings is 1. The smallest absolute Gasteiger partial charge is 0.156 e. The van der Waals surface area contributed by atoms with Crippen molar-refractivity contribution in [2.45, 2.75) is 19.7 Å². The molecule has 3 nitrogen and oxygen atoms in total. The Bertz CT molecular complexity index is 764. The molecule has 0 amide bonds. The fraction of sp³-hybridized carbons (Fsp3) is 0.235. The summed E-state index contributed by atoms with van der Waals surface area (Å²) in [5, 5.41) is 0. The van der Waals surface area contributed by atoms with Gasteiger partial charge in [-0.05, 0) is 43.7 Å². The molecule has 1 aromatic carbocycles. The maximum absolute atomic E-state index is 6.18. The molecule has 0 radical (unpaired) electrons. The van der Waals surface area contributed by atoms with Crippen molar-refractivity contribution < 1.29 is 0 Å². The summed E-state index contributed by atoms with van der Waals surface area (Å²) in [6.45, 7) is 5.07. The van der Waals surface area contributed by atoms with E-state index in [1.54, 1.807) is 0 Å². The van der Waals surface area contributed by atoms with Crippen LogP contribution >= 0.6 is 11.6 Å². The molecule has 0 unspecified atom stereocenters. The van der Waals surface area contributed by atoms with Crippen LogP contribution < -0.4 is 4.90 Å². The van der Waals surface area contributed by atoms with Gasteiger partial charge in [-0.15, -0.1) is 11.6 Å². The molecule has 0 N–H and O–H groups in total. The van der Waals surface area contributed by atoms with Crippen molar-refractivity contribution in [1.29, 1.82) is 0 Å². The number of anilines is 2. The van der Waals surface area contributed by atoms with Gasteiger partial charge in [0.15, 0.2) is 5.82 Å². The Balaban J connectivity index is 2.17. The molecule has 0 aliphatic heterocycles. The summed E-state index contributed by atoms with van der Waals surface area (Å²) in [5.41, 5.74) is 4.33. The zero-order valence-corrected chi connectivity index (χ0v) is 13.0. The average molecular weight is 300 g/mol. The third kappa shape index (κ3) is 2.49. The van der Waals surface area contributed by atoms with E-state index in [-0.39, 0.29) is 0 Å². The van der Waals surface area contributed by atoms with E-state index in [4.69, 9.17) is 16.6 Å². The third-order valence-electron chi connectivity index (χ3n) is 3.62. The van der Waals surface area contributed by atoms with Gasteiger partial charge in [-0.25, -0.2) is 4.98 Å². The van der Waals surface area contributed by atoms with Crippen molar-refractivity contribution in [3.05, 3.63) is 59.9 Å². The fourth-order valence-corrected chi connectivity index (χ4v) is 2.87. The lowest BCUT2D eigenvalue weighted by Crippen LogP contribution is -2.18. The van der Waals surface area contributed by atoms with Crippen LogP contribution in [0.2, 0.25) is 0 Å². The molecule has 0 aliphatic rings. The molecule has 3 rings (SSSR count). The van der Waals surface area contributed by atoms with Gasteiger partial charge in [0.05, 0.1) is 11.6 Å². The molecule has 3 aromatic rings. The molecule has 4 heteroatoms. The van der Waals surface area contributed by atoms with E-state index >= 15 is 0 Å². The van der Waals surface area contributed by atoms with Gasteiger partial charge in [-0.2, -0.15) is 0 Å². The van der Waals surface area contributed by atoms with E-state index in [2.05, 4.69) is 47.4 Å². The van der Waals surface area contributed by atoms with Crippen LogP contribution in [-0.2, 0) is 5.88 Å². The highest BCUT2D eigenvalue weighted by atomic mass is 35.5. The standard InChI is InChI=1S/C17H18ClN3/c1-3-20(14-8-6-7-13(2)11-14)17-15(12-18)21-10-5-4-9-16(21)19-17/h4-11H,3,12H2,1-2H3. The van der Waals surface area contributed by atoms with Gasteiger partial charge in [0, 0.05) is 18.4 Å². The lowest BCUT2D eigenvalue weighted by molar-refractivity contribution is 0.979. The third-order valence-corrected chi connectivity index (χ3v) is 3.87. The van der Waals surface area contributed by atoms with Gasteiger partial charge >= 0.3 is 0 Å². The second kappa shape index (κ2) is 5.78. The normalized spacial score (nSPS) is 11.0. The minimum absolute atomic E-state index is 0.433. The SMILES string of the molecule is CCN(c1cccc(C)c1)c1nc2ccccn2c1CCl. The van der Waals surface area contributed by atoms with Gasteiger partial charge in [-0.1, -0.05) is 18.2 Å². The number of aryl methyl sites for hydroxylation is 1. The van der Waals surface area contributed by atoms with Gasteiger partial charge in [-0.3, -0.25) is 0 Å². The molecule has 0 bridgehead atoms. The summed E-state index contributed by atoms with van der Waals surface area (Å²) in [7, 11) is 0.